The highest BCUT2D eigenvalue weighted by Crippen LogP contribution is 2.38. The molecule has 0 radical (unpaired) electrons. The van der Waals surface area contributed by atoms with Gasteiger partial charge < -0.3 is 14.5 Å². The zero-order chi connectivity index (χ0) is 14.2. The SMILES string of the molecule is CN1CCC(c2c[nH]c3ccccc23)C(n2cnnc2)C1. The molecule has 1 aliphatic rings. The van der Waals surface area contributed by atoms with Crippen LogP contribution in [-0.2, 0) is 0 Å². The average Bonchev–Trinajstić information content (AvgIpc) is 3.17. The van der Waals surface area contributed by atoms with Crippen LogP contribution >= 0.6 is 0 Å². The maximum absolute atomic E-state index is 3.99. The van der Waals surface area contributed by atoms with E-state index in [4.69, 9.17) is 0 Å². The van der Waals surface area contributed by atoms with Crippen LogP contribution in [0, 0.1) is 0 Å². The third-order valence-corrected chi connectivity index (χ3v) is 4.63. The van der Waals surface area contributed by atoms with Crippen LogP contribution in [0.3, 0.4) is 0 Å². The van der Waals surface area contributed by atoms with Crippen LogP contribution in [0.1, 0.15) is 23.9 Å². The molecular weight excluding hydrogens is 262 g/mol. The maximum Gasteiger partial charge on any atom is 0.119 e. The number of aromatic nitrogens is 4. The van der Waals surface area contributed by atoms with Crippen molar-refractivity contribution in [1.82, 2.24) is 24.6 Å². The van der Waals surface area contributed by atoms with Crippen molar-refractivity contribution in [2.75, 3.05) is 20.1 Å². The minimum atomic E-state index is 0.387. The molecule has 3 heterocycles. The third kappa shape index (κ3) is 2.14. The van der Waals surface area contributed by atoms with Crippen molar-refractivity contribution in [3.05, 3.63) is 48.7 Å². The van der Waals surface area contributed by atoms with E-state index >= 15 is 0 Å². The molecular formula is C16H19N5. The second-order valence-electron chi connectivity index (χ2n) is 5.92. The number of piperidine rings is 1. The summed E-state index contributed by atoms with van der Waals surface area (Å²) < 4.78 is 2.15. The predicted octanol–water partition coefficient (Wildman–Crippen LogP) is 2.42. The fraction of sp³-hybridized carbons (Fsp3) is 0.375. The van der Waals surface area contributed by atoms with Crippen LogP contribution in [0.15, 0.2) is 43.1 Å². The van der Waals surface area contributed by atoms with Crippen molar-refractivity contribution in [2.24, 2.45) is 0 Å². The molecule has 2 atom stereocenters. The molecule has 0 spiro atoms. The molecule has 108 valence electrons. The second-order valence-corrected chi connectivity index (χ2v) is 5.92. The Morgan fingerprint density at radius 1 is 1.19 bits per heavy atom. The lowest BCUT2D eigenvalue weighted by Gasteiger charge is -2.37. The second kappa shape index (κ2) is 5.00. The molecule has 1 aliphatic heterocycles. The first-order valence-corrected chi connectivity index (χ1v) is 7.41. The van der Waals surface area contributed by atoms with Gasteiger partial charge in [0.2, 0.25) is 0 Å². The minimum absolute atomic E-state index is 0.387. The Bertz CT molecular complexity index is 730. The topological polar surface area (TPSA) is 49.7 Å². The van der Waals surface area contributed by atoms with Gasteiger partial charge in [-0.1, -0.05) is 18.2 Å². The summed E-state index contributed by atoms with van der Waals surface area (Å²) in [5.41, 5.74) is 2.63. The first-order valence-electron chi connectivity index (χ1n) is 7.41. The lowest BCUT2D eigenvalue weighted by molar-refractivity contribution is 0.187. The molecule has 3 aromatic rings. The summed E-state index contributed by atoms with van der Waals surface area (Å²) in [4.78, 5) is 5.79. The van der Waals surface area contributed by atoms with Gasteiger partial charge in [0.25, 0.3) is 0 Å². The Labute approximate surface area is 123 Å². The Hall–Kier alpha value is -2.14. The van der Waals surface area contributed by atoms with E-state index < -0.39 is 0 Å². The highest BCUT2D eigenvalue weighted by molar-refractivity contribution is 5.83. The largest absolute Gasteiger partial charge is 0.361 e. The number of benzene rings is 1. The van der Waals surface area contributed by atoms with Crippen molar-refractivity contribution in [2.45, 2.75) is 18.4 Å². The van der Waals surface area contributed by atoms with E-state index in [0.717, 1.165) is 19.5 Å². The Morgan fingerprint density at radius 2 is 2.00 bits per heavy atom. The molecule has 1 aromatic carbocycles. The van der Waals surface area contributed by atoms with Crippen LogP contribution in [0.5, 0.6) is 0 Å². The van der Waals surface area contributed by atoms with E-state index in [1.807, 2.05) is 12.7 Å². The first-order chi connectivity index (χ1) is 10.3. The summed E-state index contributed by atoms with van der Waals surface area (Å²) in [6.45, 7) is 2.16. The fourth-order valence-corrected chi connectivity index (χ4v) is 3.54. The van der Waals surface area contributed by atoms with Gasteiger partial charge in [-0.15, -0.1) is 10.2 Å². The number of nitrogens with zero attached hydrogens (tertiary/aromatic N) is 4. The molecule has 2 aromatic heterocycles. The van der Waals surface area contributed by atoms with Crippen LogP contribution in [0.2, 0.25) is 0 Å². The molecule has 0 bridgehead atoms. The van der Waals surface area contributed by atoms with Crippen LogP contribution in [0.4, 0.5) is 0 Å². The predicted molar refractivity (Wildman–Crippen MR) is 82.2 cm³/mol. The quantitative estimate of drug-likeness (QED) is 0.785. The maximum atomic E-state index is 3.99. The summed E-state index contributed by atoms with van der Waals surface area (Å²) in [6.07, 6.45) is 7.01. The van der Waals surface area contributed by atoms with Crippen molar-refractivity contribution in [1.29, 1.82) is 0 Å². The molecule has 4 rings (SSSR count). The van der Waals surface area contributed by atoms with Crippen LogP contribution in [-0.4, -0.2) is 44.8 Å². The van der Waals surface area contributed by atoms with Gasteiger partial charge in [0.15, 0.2) is 0 Å². The van der Waals surface area contributed by atoms with E-state index in [1.165, 1.54) is 16.5 Å². The molecule has 1 N–H and O–H groups in total. The van der Waals surface area contributed by atoms with E-state index in [-0.39, 0.29) is 0 Å². The highest BCUT2D eigenvalue weighted by atomic mass is 15.3. The summed E-state index contributed by atoms with van der Waals surface area (Å²) in [6, 6.07) is 8.93. The molecule has 0 saturated carbocycles. The number of fused-ring (bicyclic) bond motifs is 1. The number of para-hydroxylation sites is 1. The smallest absolute Gasteiger partial charge is 0.119 e. The lowest BCUT2D eigenvalue weighted by atomic mass is 9.85. The van der Waals surface area contributed by atoms with Gasteiger partial charge in [-0.05, 0) is 31.6 Å². The summed E-state index contributed by atoms with van der Waals surface area (Å²) in [5, 5.41) is 9.31. The Morgan fingerprint density at radius 3 is 2.86 bits per heavy atom. The monoisotopic (exact) mass is 281 g/mol. The number of likely N-dealkylation sites (tertiary alicyclic amines) is 1. The molecule has 21 heavy (non-hydrogen) atoms. The number of likely N-dealkylation sites (N-methyl/N-ethyl adjacent to an activating group) is 1. The number of nitrogens with one attached hydrogen (secondary N) is 1. The van der Waals surface area contributed by atoms with Gasteiger partial charge in [0.05, 0.1) is 6.04 Å². The first kappa shape index (κ1) is 12.6. The van der Waals surface area contributed by atoms with E-state index in [0.29, 0.717) is 12.0 Å². The van der Waals surface area contributed by atoms with Gasteiger partial charge in [-0.2, -0.15) is 0 Å². The number of H-pyrrole nitrogens is 1. The van der Waals surface area contributed by atoms with Crippen molar-refractivity contribution in [3.8, 4) is 0 Å². The molecule has 1 saturated heterocycles. The molecule has 0 aliphatic carbocycles. The summed E-state index contributed by atoms with van der Waals surface area (Å²) in [7, 11) is 2.18. The minimum Gasteiger partial charge on any atom is -0.361 e. The fourth-order valence-electron chi connectivity index (χ4n) is 3.54. The molecule has 0 amide bonds. The average molecular weight is 281 g/mol. The zero-order valence-electron chi connectivity index (χ0n) is 12.1. The van der Waals surface area contributed by atoms with Crippen LogP contribution < -0.4 is 0 Å². The normalized spacial score (nSPS) is 23.7. The zero-order valence-corrected chi connectivity index (χ0v) is 12.1. The molecule has 5 nitrogen and oxygen atoms in total. The van der Waals surface area contributed by atoms with E-state index in [2.05, 4.69) is 62.2 Å². The van der Waals surface area contributed by atoms with Gasteiger partial charge >= 0.3 is 0 Å². The molecule has 2 unspecified atom stereocenters. The number of hydrogen-bond acceptors (Lipinski definition) is 3. The van der Waals surface area contributed by atoms with E-state index in [1.54, 1.807) is 0 Å². The number of hydrogen-bond donors (Lipinski definition) is 1. The molecule has 5 heteroatoms. The molecule has 1 fully saturated rings. The van der Waals surface area contributed by atoms with Crippen LogP contribution in [0.25, 0.3) is 10.9 Å². The van der Waals surface area contributed by atoms with Crippen molar-refractivity contribution < 1.29 is 0 Å². The lowest BCUT2D eigenvalue weighted by Crippen LogP contribution is -2.38. The Balaban J connectivity index is 1.78. The number of rotatable bonds is 2. The van der Waals surface area contributed by atoms with Gasteiger partial charge in [0.1, 0.15) is 12.7 Å². The Kier molecular flexibility index (Phi) is 3.00. The van der Waals surface area contributed by atoms with Gasteiger partial charge in [0, 0.05) is 29.6 Å². The van der Waals surface area contributed by atoms with Gasteiger partial charge in [-0.3, -0.25) is 0 Å². The third-order valence-electron chi connectivity index (χ3n) is 4.63. The van der Waals surface area contributed by atoms with Gasteiger partial charge in [-0.25, -0.2) is 0 Å². The number of aromatic amines is 1. The van der Waals surface area contributed by atoms with Crippen molar-refractivity contribution in [3.63, 3.8) is 0 Å². The highest BCUT2D eigenvalue weighted by Gasteiger charge is 2.31. The van der Waals surface area contributed by atoms with E-state index in [9.17, 15) is 0 Å². The summed E-state index contributed by atoms with van der Waals surface area (Å²) >= 11 is 0. The standard InChI is InChI=1S/C16H19N5/c1-20-7-6-13(16(9-20)21-10-18-19-11-21)14-8-17-15-5-3-2-4-12(14)15/h2-5,8,10-11,13,16-17H,6-7,9H2,1H3. The van der Waals surface area contributed by atoms with Crippen molar-refractivity contribution >= 4 is 10.9 Å². The summed E-state index contributed by atoms with van der Waals surface area (Å²) in [5.74, 6) is 0.494.